The van der Waals surface area contributed by atoms with Crippen molar-refractivity contribution in [3.63, 3.8) is 0 Å². The lowest BCUT2D eigenvalue weighted by Crippen LogP contribution is -2.41. The van der Waals surface area contributed by atoms with E-state index in [9.17, 15) is 9.59 Å². The predicted octanol–water partition coefficient (Wildman–Crippen LogP) is 1.51. The normalized spacial score (nSPS) is 13.7. The Labute approximate surface area is 110 Å². The van der Waals surface area contributed by atoms with Crippen LogP contribution in [-0.2, 0) is 15.1 Å². The van der Waals surface area contributed by atoms with Gasteiger partial charge in [-0.2, -0.15) is 0 Å². The van der Waals surface area contributed by atoms with Crippen LogP contribution in [0.4, 0.5) is 5.69 Å². The van der Waals surface area contributed by atoms with E-state index in [1.165, 1.54) is 6.92 Å². The van der Waals surface area contributed by atoms with Gasteiger partial charge in [0.1, 0.15) is 5.54 Å². The molecule has 18 heavy (non-hydrogen) atoms. The zero-order valence-electron chi connectivity index (χ0n) is 9.94. The smallest absolute Gasteiger partial charge is 0.328 e. The Kier molecular flexibility index (Phi) is 4.69. The largest absolute Gasteiger partial charge is 0.480 e. The van der Waals surface area contributed by atoms with E-state index in [0.717, 1.165) is 0 Å². The summed E-state index contributed by atoms with van der Waals surface area (Å²) < 4.78 is 0. The lowest BCUT2D eigenvalue weighted by atomic mass is 9.93. The van der Waals surface area contributed by atoms with Crippen molar-refractivity contribution in [3.05, 3.63) is 29.8 Å². The van der Waals surface area contributed by atoms with Crippen LogP contribution in [0.3, 0.4) is 0 Å². The van der Waals surface area contributed by atoms with Gasteiger partial charge in [-0.25, -0.2) is 4.79 Å². The number of aliphatic carboxylic acids is 1. The second-order valence-electron chi connectivity index (χ2n) is 4.07. The van der Waals surface area contributed by atoms with E-state index < -0.39 is 11.5 Å². The van der Waals surface area contributed by atoms with E-state index in [2.05, 4.69) is 5.32 Å². The Morgan fingerprint density at radius 2 is 1.94 bits per heavy atom. The Bertz CT molecular complexity index is 443. The molecule has 98 valence electrons. The number of benzene rings is 1. The summed E-state index contributed by atoms with van der Waals surface area (Å²) in [6.07, 6.45) is 0.229. The fourth-order valence-electron chi connectivity index (χ4n) is 1.33. The summed E-state index contributed by atoms with van der Waals surface area (Å²) in [6.45, 7) is 1.41. The van der Waals surface area contributed by atoms with E-state index in [1.807, 2.05) is 0 Å². The average molecular weight is 271 g/mol. The molecule has 1 amide bonds. The number of rotatable bonds is 5. The summed E-state index contributed by atoms with van der Waals surface area (Å²) >= 11 is 5.44. The van der Waals surface area contributed by atoms with Gasteiger partial charge in [0.2, 0.25) is 5.91 Å². The number of anilines is 1. The second-order valence-corrected chi connectivity index (χ2v) is 4.45. The maximum atomic E-state index is 11.3. The molecule has 1 atom stereocenters. The van der Waals surface area contributed by atoms with Crippen LogP contribution in [0, 0.1) is 0 Å². The van der Waals surface area contributed by atoms with Crippen molar-refractivity contribution in [1.82, 2.24) is 0 Å². The first kappa shape index (κ1) is 14.5. The Balaban J connectivity index is 2.80. The van der Waals surface area contributed by atoms with Gasteiger partial charge in [-0.3, -0.25) is 4.79 Å². The lowest BCUT2D eigenvalue weighted by Gasteiger charge is -2.19. The van der Waals surface area contributed by atoms with Gasteiger partial charge >= 0.3 is 5.97 Å². The minimum atomic E-state index is -1.45. The molecule has 0 spiro atoms. The molecule has 0 aliphatic heterocycles. The molecule has 1 aromatic rings. The molecular weight excluding hydrogens is 256 g/mol. The number of nitrogens with one attached hydrogen (secondary N) is 1. The van der Waals surface area contributed by atoms with Crippen molar-refractivity contribution in [3.8, 4) is 0 Å². The standard InChI is InChI=1S/C12H15ClN2O3/c1-12(14,11(17)18)8-2-4-9(5-3-8)15-10(16)6-7-13/h2-5H,6-7,14H2,1H3,(H,15,16)(H,17,18)/t12-/m0/s1. The highest BCUT2D eigenvalue weighted by Crippen LogP contribution is 2.20. The van der Waals surface area contributed by atoms with Crippen LogP contribution < -0.4 is 11.1 Å². The monoisotopic (exact) mass is 270 g/mol. The summed E-state index contributed by atoms with van der Waals surface area (Å²) in [5.41, 5.74) is 5.27. The minimum absolute atomic E-state index is 0.188. The van der Waals surface area contributed by atoms with Gasteiger partial charge < -0.3 is 16.2 Å². The Hall–Kier alpha value is -1.59. The van der Waals surface area contributed by atoms with Crippen molar-refractivity contribution < 1.29 is 14.7 Å². The van der Waals surface area contributed by atoms with Gasteiger partial charge in [0.05, 0.1) is 0 Å². The zero-order valence-corrected chi connectivity index (χ0v) is 10.7. The molecule has 0 heterocycles. The van der Waals surface area contributed by atoms with Gasteiger partial charge in [-0.1, -0.05) is 12.1 Å². The van der Waals surface area contributed by atoms with Crippen LogP contribution in [0.2, 0.25) is 0 Å². The zero-order chi connectivity index (χ0) is 13.8. The van der Waals surface area contributed by atoms with E-state index >= 15 is 0 Å². The topological polar surface area (TPSA) is 92.4 Å². The van der Waals surface area contributed by atoms with Crippen LogP contribution in [-0.4, -0.2) is 22.9 Å². The van der Waals surface area contributed by atoms with Gasteiger partial charge in [0.25, 0.3) is 0 Å². The summed E-state index contributed by atoms with van der Waals surface area (Å²) in [6, 6.07) is 6.36. The third kappa shape index (κ3) is 3.45. The molecule has 0 fully saturated rings. The number of halogens is 1. The van der Waals surface area contributed by atoms with Gasteiger partial charge in [0.15, 0.2) is 0 Å². The number of carboxylic acid groups (broad SMARTS) is 1. The Morgan fingerprint density at radius 1 is 1.39 bits per heavy atom. The number of nitrogens with two attached hydrogens (primary N) is 1. The minimum Gasteiger partial charge on any atom is -0.480 e. The Morgan fingerprint density at radius 3 is 2.39 bits per heavy atom. The fraction of sp³-hybridized carbons (Fsp3) is 0.333. The van der Waals surface area contributed by atoms with Crippen LogP contribution >= 0.6 is 11.6 Å². The molecule has 0 saturated heterocycles. The molecule has 0 aromatic heterocycles. The molecular formula is C12H15ClN2O3. The number of hydrogen-bond acceptors (Lipinski definition) is 3. The molecule has 0 bridgehead atoms. The summed E-state index contributed by atoms with van der Waals surface area (Å²) in [5.74, 6) is -1.04. The number of carbonyl (C=O) groups excluding carboxylic acids is 1. The fourth-order valence-corrected chi connectivity index (χ4v) is 1.50. The predicted molar refractivity (Wildman–Crippen MR) is 69.6 cm³/mol. The molecule has 5 nitrogen and oxygen atoms in total. The van der Waals surface area contributed by atoms with Crippen molar-refractivity contribution in [2.24, 2.45) is 5.73 Å². The van der Waals surface area contributed by atoms with Crippen molar-refractivity contribution in [1.29, 1.82) is 0 Å². The quantitative estimate of drug-likeness (QED) is 0.707. The number of carboxylic acids is 1. The molecule has 1 rings (SSSR count). The van der Waals surface area contributed by atoms with Crippen molar-refractivity contribution >= 4 is 29.2 Å². The molecule has 0 saturated carbocycles. The molecule has 0 aliphatic rings. The number of amides is 1. The van der Waals surface area contributed by atoms with Crippen molar-refractivity contribution in [2.45, 2.75) is 18.9 Å². The molecule has 1 aromatic carbocycles. The molecule has 0 radical (unpaired) electrons. The number of hydrogen-bond donors (Lipinski definition) is 3. The van der Waals surface area contributed by atoms with E-state index in [1.54, 1.807) is 24.3 Å². The van der Waals surface area contributed by atoms with Gasteiger partial charge in [0, 0.05) is 18.0 Å². The first-order valence-electron chi connectivity index (χ1n) is 5.36. The van der Waals surface area contributed by atoms with Gasteiger partial charge in [-0.05, 0) is 24.6 Å². The van der Waals surface area contributed by atoms with Gasteiger partial charge in [-0.15, -0.1) is 11.6 Å². The molecule has 6 heteroatoms. The third-order valence-corrected chi connectivity index (χ3v) is 2.72. The van der Waals surface area contributed by atoms with Crippen molar-refractivity contribution in [2.75, 3.05) is 11.2 Å². The molecule has 0 unspecified atom stereocenters. The van der Waals surface area contributed by atoms with Crippen LogP contribution in [0.1, 0.15) is 18.9 Å². The van der Waals surface area contributed by atoms with E-state index in [-0.39, 0.29) is 18.2 Å². The van der Waals surface area contributed by atoms with Crippen LogP contribution in [0.5, 0.6) is 0 Å². The highest BCUT2D eigenvalue weighted by Gasteiger charge is 2.29. The van der Waals surface area contributed by atoms with Crippen LogP contribution in [0.15, 0.2) is 24.3 Å². The summed E-state index contributed by atoms with van der Waals surface area (Å²) in [5, 5.41) is 11.6. The SMILES string of the molecule is C[C@@](N)(C(=O)O)c1ccc(NC(=O)CCCl)cc1. The second kappa shape index (κ2) is 5.84. The molecule has 0 aliphatic carbocycles. The molecule has 4 N–H and O–H groups in total. The maximum absolute atomic E-state index is 11.3. The van der Waals surface area contributed by atoms with E-state index in [0.29, 0.717) is 11.3 Å². The van der Waals surface area contributed by atoms with E-state index in [4.69, 9.17) is 22.4 Å². The average Bonchev–Trinajstić information content (AvgIpc) is 2.29. The maximum Gasteiger partial charge on any atom is 0.328 e. The first-order valence-corrected chi connectivity index (χ1v) is 5.90. The summed E-state index contributed by atoms with van der Waals surface area (Å²) in [7, 11) is 0. The van der Waals surface area contributed by atoms with Crippen LogP contribution in [0.25, 0.3) is 0 Å². The third-order valence-electron chi connectivity index (χ3n) is 2.53. The summed E-state index contributed by atoms with van der Waals surface area (Å²) in [4.78, 5) is 22.2. The first-order chi connectivity index (χ1) is 8.37. The number of alkyl halides is 1. The lowest BCUT2D eigenvalue weighted by molar-refractivity contribution is -0.143. The highest BCUT2D eigenvalue weighted by molar-refractivity contribution is 6.19. The highest BCUT2D eigenvalue weighted by atomic mass is 35.5. The number of carbonyl (C=O) groups is 2.